The van der Waals surface area contributed by atoms with Crippen molar-refractivity contribution in [1.82, 2.24) is 0 Å². The summed E-state index contributed by atoms with van der Waals surface area (Å²) in [7, 11) is 0. The van der Waals surface area contributed by atoms with E-state index >= 15 is 0 Å². The predicted octanol–water partition coefficient (Wildman–Crippen LogP) is 21.5. The summed E-state index contributed by atoms with van der Waals surface area (Å²) in [6.45, 7) is 0. The molecule has 0 unspecified atom stereocenters. The van der Waals surface area contributed by atoms with Crippen LogP contribution >= 0.6 is 54.5 Å². The highest BCUT2D eigenvalue weighted by atomic mass is 127. The normalized spacial score (nSPS) is 11.0. The van der Waals surface area contributed by atoms with Crippen molar-refractivity contribution in [3.05, 3.63) is 327 Å². The van der Waals surface area contributed by atoms with Crippen LogP contribution in [0.1, 0.15) is 11.1 Å². The van der Waals surface area contributed by atoms with Crippen LogP contribution in [0.2, 0.25) is 0 Å². The molecule has 0 aliphatic heterocycles. The number of rotatable bonds is 9. The van der Waals surface area contributed by atoms with Crippen LogP contribution in [0.25, 0.3) is 38.4 Å². The first-order valence-electron chi connectivity index (χ1n) is 25.2. The lowest BCUT2D eigenvalue weighted by atomic mass is 10.0. The van der Waals surface area contributed by atoms with E-state index < -0.39 is 0 Å². The zero-order valence-corrected chi connectivity index (χ0v) is 47.2. The number of nitrogens with one attached hydrogen (secondary N) is 3. The summed E-state index contributed by atoms with van der Waals surface area (Å²) >= 11 is 8.93. The smallest absolute Gasteiger partial charge is 0.155 e. The molecule has 0 radical (unpaired) electrons. The molecule has 7 heteroatoms. The van der Waals surface area contributed by atoms with E-state index in [4.69, 9.17) is 0 Å². The van der Waals surface area contributed by atoms with Gasteiger partial charge in [0.05, 0.1) is 17.7 Å². The molecule has 1 aliphatic rings. The van der Waals surface area contributed by atoms with Crippen LogP contribution in [0.15, 0.2) is 306 Å². The molecule has 0 saturated heterocycles. The molecule has 372 valence electrons. The van der Waals surface area contributed by atoms with Crippen LogP contribution in [-0.2, 0) is 0 Å². The molecule has 0 saturated carbocycles. The van der Waals surface area contributed by atoms with Gasteiger partial charge in [0.15, 0.2) is 5.56 Å². The highest BCUT2D eigenvalue weighted by Crippen LogP contribution is 2.37. The molecule has 0 fully saturated rings. The van der Waals surface area contributed by atoms with Gasteiger partial charge in [-0.05, 0) is 207 Å². The molecule has 0 spiro atoms. The van der Waals surface area contributed by atoms with E-state index in [-0.39, 0.29) is 0 Å². The van der Waals surface area contributed by atoms with Gasteiger partial charge in [0.2, 0.25) is 0 Å². The Balaban J connectivity index is 0.000000139. The van der Waals surface area contributed by atoms with Crippen molar-refractivity contribution in [2.75, 3.05) is 20.9 Å². The minimum Gasteiger partial charge on any atom is -0.356 e. The predicted molar refractivity (Wildman–Crippen MR) is 345 cm³/mol. The fourth-order valence-electron chi connectivity index (χ4n) is 8.74. The summed E-state index contributed by atoms with van der Waals surface area (Å²) in [5, 5.41) is 17.9. The number of hydrogen-bond acceptors (Lipinski definition) is 4. The average molecular weight is 1240 g/mol. The molecule has 12 aromatic carbocycles. The van der Waals surface area contributed by atoms with Crippen molar-refractivity contribution >= 4 is 138 Å². The van der Waals surface area contributed by atoms with E-state index in [1.54, 1.807) is 0 Å². The summed E-state index contributed by atoms with van der Waals surface area (Å²) in [4.78, 5) is 2.30. The highest BCUT2D eigenvalue weighted by molar-refractivity contribution is 14.1. The van der Waals surface area contributed by atoms with Crippen LogP contribution in [0.5, 0.6) is 0 Å². The third-order valence-corrected chi connectivity index (χ3v) is 14.3. The van der Waals surface area contributed by atoms with Crippen LogP contribution in [0.4, 0.5) is 45.5 Å². The minimum atomic E-state index is 1.04. The Morgan fingerprint density at radius 3 is 1.23 bits per heavy atom. The van der Waals surface area contributed by atoms with Gasteiger partial charge in [-0.25, -0.2) is 0 Å². The van der Waals surface area contributed by atoms with Crippen molar-refractivity contribution in [2.45, 2.75) is 0 Å². The fraction of sp³-hybridized carbons (Fsp3) is 0. The molecule has 77 heavy (non-hydrogen) atoms. The maximum atomic E-state index is 3.55. The average Bonchev–Trinajstić information content (AvgIpc) is 3.48. The standard InChI is InChI=1S/C32H24N2.C26H19N2.C6H4Br2.C6H5I/c1-2-12-30(13-3-1)34(32-19-15-25-9-5-7-11-27(25)23-32)31-20-17-28(18-21-31)33-29-16-14-24-8-4-6-10-26(24)22-29;1-3-7-21-17-25(11-9-19(21)5-1)27-23-13-15-24(16-14-23)28-26-12-10-20-6-2-4-8-22(20)18-26;7-5-1-2-6(8)4-3-5;7-6-4-2-1-3-5-6/h1-23,33H;1-9,11-18,27-28H;1-4H;1-5H/q;+1;;. The summed E-state index contributed by atoms with van der Waals surface area (Å²) in [6, 6.07) is 98.8. The Morgan fingerprint density at radius 1 is 0.325 bits per heavy atom. The van der Waals surface area contributed by atoms with E-state index in [9.17, 15) is 0 Å². The number of hydrogen-bond donors (Lipinski definition) is 3. The van der Waals surface area contributed by atoms with Crippen LogP contribution in [-0.4, -0.2) is 0 Å². The third kappa shape index (κ3) is 14.6. The Bertz CT molecular complexity index is 3900. The van der Waals surface area contributed by atoms with Crippen LogP contribution < -0.4 is 20.9 Å². The number of halogens is 3. The molecule has 1 aliphatic carbocycles. The van der Waals surface area contributed by atoms with E-state index in [1.165, 1.54) is 41.5 Å². The third-order valence-electron chi connectivity index (χ3n) is 12.6. The Kier molecular flexibility index (Phi) is 17.6. The van der Waals surface area contributed by atoms with Crippen molar-refractivity contribution < 1.29 is 0 Å². The Labute approximate surface area is 481 Å². The van der Waals surface area contributed by atoms with Gasteiger partial charge in [-0.1, -0.05) is 159 Å². The minimum absolute atomic E-state index is 1.04. The first-order chi connectivity index (χ1) is 37.8. The number of nitrogens with zero attached hydrogens (tertiary/aromatic N) is 1. The van der Waals surface area contributed by atoms with E-state index in [1.807, 2.05) is 60.7 Å². The van der Waals surface area contributed by atoms with Gasteiger partial charge in [-0.3, -0.25) is 0 Å². The van der Waals surface area contributed by atoms with Gasteiger partial charge >= 0.3 is 0 Å². The van der Waals surface area contributed by atoms with Crippen molar-refractivity contribution in [1.29, 1.82) is 0 Å². The monoisotopic (exact) mass is 1230 g/mol. The van der Waals surface area contributed by atoms with Gasteiger partial charge in [-0.2, -0.15) is 0 Å². The number of benzene rings is 12. The molecule has 0 heterocycles. The molecule has 0 amide bonds. The SMILES string of the molecule is Brc1ccc(Br)cc1.Ic1ccccc1.[C+]1=CC(Nc2ccc(Nc3ccc4ccccc4c3)cc2)=Cc2ccccc21.c1ccc(N(c2ccc(Nc3ccc4ccccc4c3)cc2)c2ccc3ccccc3c2)cc1. The summed E-state index contributed by atoms with van der Waals surface area (Å²) in [6.07, 6.45) is 7.46. The molecular formula is C70H52Br2IN4+. The van der Waals surface area contributed by atoms with Crippen molar-refractivity contribution in [3.63, 3.8) is 0 Å². The van der Waals surface area contributed by atoms with Crippen LogP contribution in [0, 0.1) is 9.65 Å². The lowest BCUT2D eigenvalue weighted by Crippen LogP contribution is -2.09. The molecule has 3 N–H and O–H groups in total. The van der Waals surface area contributed by atoms with E-state index in [0.717, 1.165) is 65.7 Å². The zero-order valence-electron chi connectivity index (χ0n) is 41.9. The second-order valence-corrected chi connectivity index (χ2v) is 21.1. The second kappa shape index (κ2) is 26.0. The molecule has 4 nitrogen and oxygen atoms in total. The lowest BCUT2D eigenvalue weighted by Gasteiger charge is -2.26. The molecule has 0 bridgehead atoms. The zero-order chi connectivity index (χ0) is 52.6. The molecule has 0 atom stereocenters. The largest absolute Gasteiger partial charge is 0.356 e. The first-order valence-corrected chi connectivity index (χ1v) is 27.9. The maximum absolute atomic E-state index is 3.55. The van der Waals surface area contributed by atoms with Gasteiger partial charge in [0.1, 0.15) is 5.70 Å². The van der Waals surface area contributed by atoms with Gasteiger partial charge in [0.25, 0.3) is 0 Å². The lowest BCUT2D eigenvalue weighted by molar-refractivity contribution is 1.29. The van der Waals surface area contributed by atoms with Gasteiger partial charge in [0, 0.05) is 70.2 Å². The Morgan fingerprint density at radius 2 is 0.714 bits per heavy atom. The number of para-hydroxylation sites is 1. The topological polar surface area (TPSA) is 39.3 Å². The molecular weight excluding hydrogens is 1180 g/mol. The van der Waals surface area contributed by atoms with E-state index in [2.05, 4.69) is 318 Å². The summed E-state index contributed by atoms with van der Waals surface area (Å²) < 4.78 is 3.52. The first kappa shape index (κ1) is 52.2. The number of allylic oxidation sites excluding steroid dienone is 1. The summed E-state index contributed by atoms with van der Waals surface area (Å²) in [5.74, 6) is 0. The number of anilines is 8. The van der Waals surface area contributed by atoms with E-state index in [0.29, 0.717) is 0 Å². The maximum Gasteiger partial charge on any atom is 0.155 e. The van der Waals surface area contributed by atoms with Crippen molar-refractivity contribution in [3.8, 4) is 0 Å². The second-order valence-electron chi connectivity index (χ2n) is 18.0. The molecule has 13 rings (SSSR count). The molecule has 0 aromatic heterocycles. The van der Waals surface area contributed by atoms with Gasteiger partial charge < -0.3 is 20.9 Å². The molecule has 12 aromatic rings. The quantitative estimate of drug-likeness (QED) is 0.0995. The highest BCUT2D eigenvalue weighted by Gasteiger charge is 2.15. The van der Waals surface area contributed by atoms with Gasteiger partial charge in [-0.15, -0.1) is 0 Å². The number of fused-ring (bicyclic) bond motifs is 4. The van der Waals surface area contributed by atoms with Crippen molar-refractivity contribution in [2.24, 2.45) is 0 Å². The fourth-order valence-corrected chi connectivity index (χ4v) is 9.68. The Hall–Kier alpha value is -8.30. The van der Waals surface area contributed by atoms with Crippen LogP contribution in [0.3, 0.4) is 0 Å². The summed E-state index contributed by atoms with van der Waals surface area (Å²) in [5.41, 5.74) is 12.1.